The van der Waals surface area contributed by atoms with Crippen molar-refractivity contribution in [1.29, 1.82) is 0 Å². The van der Waals surface area contributed by atoms with Crippen LogP contribution in [0.4, 0.5) is 0 Å². The summed E-state index contributed by atoms with van der Waals surface area (Å²) in [5.74, 6) is 1.32. The number of alkyl halides is 1. The first-order chi connectivity index (χ1) is 6.34. The molecule has 0 heterocycles. The largest absolute Gasteiger partial charge is 0.356 e. The molecular formula is C10H18ClNO. The highest BCUT2D eigenvalue weighted by Gasteiger charge is 2.24. The molecule has 2 nitrogen and oxygen atoms in total. The summed E-state index contributed by atoms with van der Waals surface area (Å²) in [4.78, 5) is 11.3. The number of hydrogen-bond donors (Lipinski definition) is 1. The lowest BCUT2D eigenvalue weighted by atomic mass is 9.85. The summed E-state index contributed by atoms with van der Waals surface area (Å²) in [5, 5.41) is 2.96. The fourth-order valence-corrected chi connectivity index (χ4v) is 1.61. The van der Waals surface area contributed by atoms with Gasteiger partial charge in [-0.15, -0.1) is 11.6 Å². The molecule has 13 heavy (non-hydrogen) atoms. The molecule has 1 aliphatic rings. The molecule has 0 atom stereocenters. The van der Waals surface area contributed by atoms with Crippen LogP contribution in [0, 0.1) is 5.92 Å². The molecule has 0 radical (unpaired) electrons. The van der Waals surface area contributed by atoms with Gasteiger partial charge >= 0.3 is 0 Å². The monoisotopic (exact) mass is 203 g/mol. The normalized spacial score (nSPS) is 16.7. The Hall–Kier alpha value is -0.240. The molecule has 0 aromatic rings. The van der Waals surface area contributed by atoms with Crippen LogP contribution < -0.4 is 5.32 Å². The van der Waals surface area contributed by atoms with Gasteiger partial charge in [-0.1, -0.05) is 12.8 Å². The number of hydrogen-bond acceptors (Lipinski definition) is 1. The van der Waals surface area contributed by atoms with E-state index < -0.39 is 0 Å². The van der Waals surface area contributed by atoms with Gasteiger partial charge in [-0.2, -0.15) is 0 Å². The van der Waals surface area contributed by atoms with Crippen LogP contribution in [-0.4, -0.2) is 18.3 Å². The second kappa shape index (κ2) is 6.25. The van der Waals surface area contributed by atoms with Gasteiger partial charge in [0.05, 0.1) is 0 Å². The highest BCUT2D eigenvalue weighted by molar-refractivity contribution is 6.17. The Morgan fingerprint density at radius 2 is 2.08 bits per heavy atom. The summed E-state index contributed by atoms with van der Waals surface area (Å²) in [6.07, 6.45) is 6.64. The van der Waals surface area contributed by atoms with Crippen LogP contribution in [0.15, 0.2) is 0 Å². The Morgan fingerprint density at radius 3 is 2.62 bits per heavy atom. The maximum absolute atomic E-state index is 11.3. The van der Waals surface area contributed by atoms with Crippen molar-refractivity contribution in [3.05, 3.63) is 0 Å². The fraction of sp³-hybridized carbons (Fsp3) is 0.900. The topological polar surface area (TPSA) is 29.1 Å². The van der Waals surface area contributed by atoms with E-state index in [0.717, 1.165) is 44.5 Å². The molecule has 1 amide bonds. The lowest BCUT2D eigenvalue weighted by molar-refractivity contribution is -0.127. The van der Waals surface area contributed by atoms with Gasteiger partial charge in [-0.3, -0.25) is 4.79 Å². The Balaban J connectivity index is 1.89. The SMILES string of the molecule is O=C(NCCCCCCl)C1CCC1. The highest BCUT2D eigenvalue weighted by atomic mass is 35.5. The number of nitrogens with one attached hydrogen (secondary N) is 1. The van der Waals surface area contributed by atoms with Crippen molar-refractivity contribution in [3.8, 4) is 0 Å². The predicted octanol–water partition coefficient (Wildman–Crippen LogP) is 2.31. The molecule has 0 aromatic carbocycles. The van der Waals surface area contributed by atoms with E-state index in [9.17, 15) is 4.79 Å². The number of carbonyl (C=O) groups excluding carboxylic acids is 1. The third-order valence-electron chi connectivity index (χ3n) is 2.59. The minimum atomic E-state index is 0.261. The van der Waals surface area contributed by atoms with Gasteiger partial charge in [-0.25, -0.2) is 0 Å². The van der Waals surface area contributed by atoms with E-state index in [1.165, 1.54) is 6.42 Å². The van der Waals surface area contributed by atoms with Crippen LogP contribution in [0.2, 0.25) is 0 Å². The maximum atomic E-state index is 11.3. The van der Waals surface area contributed by atoms with E-state index in [1.807, 2.05) is 0 Å². The second-order valence-corrected chi connectivity index (χ2v) is 4.05. The fourth-order valence-electron chi connectivity index (χ4n) is 1.42. The van der Waals surface area contributed by atoms with Crippen molar-refractivity contribution in [2.45, 2.75) is 38.5 Å². The Morgan fingerprint density at radius 1 is 1.31 bits per heavy atom. The van der Waals surface area contributed by atoms with Crippen LogP contribution in [0.25, 0.3) is 0 Å². The van der Waals surface area contributed by atoms with Gasteiger partial charge in [0.2, 0.25) is 5.91 Å². The standard InChI is InChI=1S/C10H18ClNO/c11-7-2-1-3-8-12-10(13)9-5-4-6-9/h9H,1-8H2,(H,12,13). The molecule has 0 unspecified atom stereocenters. The van der Waals surface area contributed by atoms with Crippen LogP contribution >= 0.6 is 11.6 Å². The number of halogens is 1. The molecule has 76 valence electrons. The van der Waals surface area contributed by atoms with E-state index in [2.05, 4.69) is 5.32 Å². The van der Waals surface area contributed by atoms with E-state index in [4.69, 9.17) is 11.6 Å². The lowest BCUT2D eigenvalue weighted by Gasteiger charge is -2.23. The van der Waals surface area contributed by atoms with Gasteiger partial charge < -0.3 is 5.32 Å². The number of amides is 1. The number of carbonyl (C=O) groups is 1. The molecule has 0 saturated heterocycles. The Kier molecular flexibility index (Phi) is 5.21. The zero-order valence-corrected chi connectivity index (χ0v) is 8.78. The molecule has 1 fully saturated rings. The molecule has 3 heteroatoms. The van der Waals surface area contributed by atoms with Gasteiger partial charge in [0.15, 0.2) is 0 Å². The van der Waals surface area contributed by atoms with E-state index >= 15 is 0 Å². The summed E-state index contributed by atoms with van der Waals surface area (Å²) < 4.78 is 0. The van der Waals surface area contributed by atoms with E-state index in [0.29, 0.717) is 5.92 Å². The number of rotatable bonds is 6. The smallest absolute Gasteiger partial charge is 0.223 e. The lowest BCUT2D eigenvalue weighted by Crippen LogP contribution is -2.34. The van der Waals surface area contributed by atoms with Gasteiger partial charge in [0, 0.05) is 18.3 Å². The molecule has 1 saturated carbocycles. The zero-order valence-electron chi connectivity index (χ0n) is 8.02. The van der Waals surface area contributed by atoms with Crippen molar-refractivity contribution in [2.75, 3.05) is 12.4 Å². The van der Waals surface area contributed by atoms with Crippen molar-refractivity contribution in [2.24, 2.45) is 5.92 Å². The van der Waals surface area contributed by atoms with Crippen molar-refractivity contribution >= 4 is 17.5 Å². The summed E-state index contributed by atoms with van der Waals surface area (Å²) in [5.41, 5.74) is 0. The first kappa shape index (κ1) is 10.8. The van der Waals surface area contributed by atoms with Gasteiger partial charge in [-0.05, 0) is 25.7 Å². The van der Waals surface area contributed by atoms with E-state index in [-0.39, 0.29) is 5.91 Å². The minimum absolute atomic E-state index is 0.261. The summed E-state index contributed by atoms with van der Waals surface area (Å²) >= 11 is 5.54. The minimum Gasteiger partial charge on any atom is -0.356 e. The van der Waals surface area contributed by atoms with Crippen molar-refractivity contribution < 1.29 is 4.79 Å². The molecular weight excluding hydrogens is 186 g/mol. The Bertz CT molecular complexity index is 157. The van der Waals surface area contributed by atoms with Crippen LogP contribution in [-0.2, 0) is 4.79 Å². The van der Waals surface area contributed by atoms with Crippen LogP contribution in [0.1, 0.15) is 38.5 Å². The summed E-state index contributed by atoms with van der Waals surface area (Å²) in [6.45, 7) is 0.826. The first-order valence-electron chi connectivity index (χ1n) is 5.18. The summed E-state index contributed by atoms with van der Waals surface area (Å²) in [7, 11) is 0. The van der Waals surface area contributed by atoms with Crippen LogP contribution in [0.5, 0.6) is 0 Å². The molecule has 0 aromatic heterocycles. The van der Waals surface area contributed by atoms with Gasteiger partial charge in [0.1, 0.15) is 0 Å². The van der Waals surface area contributed by atoms with Crippen molar-refractivity contribution in [3.63, 3.8) is 0 Å². The predicted molar refractivity (Wildman–Crippen MR) is 54.9 cm³/mol. The molecule has 0 spiro atoms. The van der Waals surface area contributed by atoms with Crippen LogP contribution in [0.3, 0.4) is 0 Å². The molecule has 0 aliphatic heterocycles. The average molecular weight is 204 g/mol. The Labute approximate surface area is 85.0 Å². The van der Waals surface area contributed by atoms with E-state index in [1.54, 1.807) is 0 Å². The third kappa shape index (κ3) is 3.99. The summed E-state index contributed by atoms with van der Waals surface area (Å²) in [6, 6.07) is 0. The first-order valence-corrected chi connectivity index (χ1v) is 5.71. The van der Waals surface area contributed by atoms with Gasteiger partial charge in [0.25, 0.3) is 0 Å². The molecule has 1 aliphatic carbocycles. The highest BCUT2D eigenvalue weighted by Crippen LogP contribution is 2.26. The van der Waals surface area contributed by atoms with Crippen molar-refractivity contribution in [1.82, 2.24) is 5.32 Å². The molecule has 0 bridgehead atoms. The zero-order chi connectivity index (χ0) is 9.52. The quantitative estimate of drug-likeness (QED) is 0.521. The maximum Gasteiger partial charge on any atom is 0.223 e. The number of unbranched alkanes of at least 4 members (excludes halogenated alkanes) is 2. The second-order valence-electron chi connectivity index (χ2n) is 3.67. The molecule has 1 rings (SSSR count). The molecule has 1 N–H and O–H groups in total. The third-order valence-corrected chi connectivity index (χ3v) is 2.85. The average Bonchev–Trinajstić information content (AvgIpc) is 2.01.